The number of carbonyl (C=O) groups is 2. The number of hydrogen-bond donors (Lipinski definition) is 3. The van der Waals surface area contributed by atoms with Gasteiger partial charge in [0.25, 0.3) is 0 Å². The smallest absolute Gasteiger partial charge is 0.462 e. The average Bonchev–Trinajstić information content (AvgIpc) is 3.09. The van der Waals surface area contributed by atoms with Gasteiger partial charge in [-0.1, -0.05) is 168 Å². The van der Waals surface area contributed by atoms with Crippen LogP contribution in [-0.4, -0.2) is 65.7 Å². The highest BCUT2D eigenvalue weighted by Crippen LogP contribution is 2.43. The highest BCUT2D eigenvalue weighted by molar-refractivity contribution is 7.47. The van der Waals surface area contributed by atoms with Crippen molar-refractivity contribution in [2.75, 3.05) is 26.4 Å². The molecule has 3 atom stereocenters. The summed E-state index contributed by atoms with van der Waals surface area (Å²) in [7, 11) is -4.60. The van der Waals surface area contributed by atoms with Gasteiger partial charge in [0, 0.05) is 12.8 Å². The summed E-state index contributed by atoms with van der Waals surface area (Å²) in [6.45, 7) is 2.39. The number of ether oxygens (including phenoxy) is 2. The molecule has 0 fully saturated rings. The Morgan fingerprint density at radius 2 is 0.878 bits per heavy atom. The van der Waals surface area contributed by atoms with Crippen molar-refractivity contribution in [2.45, 2.75) is 206 Å². The van der Waals surface area contributed by atoms with E-state index in [-0.39, 0.29) is 19.4 Å². The summed E-state index contributed by atoms with van der Waals surface area (Å²) in [5, 5.41) is 18.3. The monoisotopic (exact) mass is 723 g/mol. The van der Waals surface area contributed by atoms with Gasteiger partial charge in [0.2, 0.25) is 0 Å². The first-order valence-electron chi connectivity index (χ1n) is 20.0. The Labute approximate surface area is 299 Å². The van der Waals surface area contributed by atoms with Gasteiger partial charge in [0.15, 0.2) is 6.10 Å². The predicted molar refractivity (Wildman–Crippen MR) is 196 cm³/mol. The van der Waals surface area contributed by atoms with Crippen LogP contribution in [0.3, 0.4) is 0 Å². The molecule has 0 aromatic rings. The van der Waals surface area contributed by atoms with Crippen molar-refractivity contribution in [1.82, 2.24) is 0 Å². The number of carbonyl (C=O) groups excluding carboxylic acids is 2. The molecule has 0 bridgehead atoms. The molecule has 11 heteroatoms. The van der Waals surface area contributed by atoms with E-state index >= 15 is 0 Å². The summed E-state index contributed by atoms with van der Waals surface area (Å²) in [5.41, 5.74) is 0. The summed E-state index contributed by atoms with van der Waals surface area (Å²) in [5.74, 6) is -0.913. The summed E-state index contributed by atoms with van der Waals surface area (Å²) >= 11 is 0. The molecule has 0 saturated carbocycles. The predicted octanol–water partition coefficient (Wildman–Crippen LogP) is 9.89. The molecule has 0 heterocycles. The number of esters is 2. The standard InChI is InChI=1S/C38H75O10P/c1-3-5-7-9-11-13-15-17-18-20-22-24-26-28-30-38(42)48-36(34-47-49(43,44)46-32-35(40)31-39)33-45-37(41)29-27-25-23-21-19-16-14-12-10-8-6-4-2/h35-36,39-40H,3-34H2,1-2H3,(H,43,44). The molecule has 0 aliphatic heterocycles. The Kier molecular flexibility index (Phi) is 34.6. The lowest BCUT2D eigenvalue weighted by Crippen LogP contribution is -2.29. The van der Waals surface area contributed by atoms with Gasteiger partial charge in [-0.15, -0.1) is 0 Å². The summed E-state index contributed by atoms with van der Waals surface area (Å²) in [4.78, 5) is 34.8. The molecule has 0 rings (SSSR count). The van der Waals surface area contributed by atoms with Crippen LogP contribution < -0.4 is 0 Å². The molecule has 49 heavy (non-hydrogen) atoms. The second-order valence-electron chi connectivity index (χ2n) is 13.7. The van der Waals surface area contributed by atoms with Crippen LogP contribution in [-0.2, 0) is 32.7 Å². The van der Waals surface area contributed by atoms with Crippen LogP contribution in [0.2, 0.25) is 0 Å². The minimum Gasteiger partial charge on any atom is -0.462 e. The number of phosphoric ester groups is 1. The quantitative estimate of drug-likeness (QED) is 0.0319. The molecule has 0 amide bonds. The zero-order chi connectivity index (χ0) is 36.3. The maximum atomic E-state index is 12.6. The Morgan fingerprint density at radius 3 is 1.27 bits per heavy atom. The van der Waals surface area contributed by atoms with Gasteiger partial charge in [0.05, 0.1) is 19.8 Å². The number of aliphatic hydroxyl groups is 2. The van der Waals surface area contributed by atoms with Crippen molar-refractivity contribution in [3.8, 4) is 0 Å². The van der Waals surface area contributed by atoms with Crippen molar-refractivity contribution < 1.29 is 47.8 Å². The van der Waals surface area contributed by atoms with E-state index < -0.39 is 51.8 Å². The molecule has 10 nitrogen and oxygen atoms in total. The van der Waals surface area contributed by atoms with Gasteiger partial charge >= 0.3 is 19.8 Å². The molecule has 3 N–H and O–H groups in total. The van der Waals surface area contributed by atoms with Crippen LogP contribution in [0.15, 0.2) is 0 Å². The van der Waals surface area contributed by atoms with E-state index in [4.69, 9.17) is 19.1 Å². The fourth-order valence-corrected chi connectivity index (χ4v) is 6.43. The van der Waals surface area contributed by atoms with E-state index in [0.717, 1.165) is 38.5 Å². The molecule has 3 unspecified atom stereocenters. The summed E-state index contributed by atoms with van der Waals surface area (Å²) in [6.07, 6.45) is 29.2. The fourth-order valence-electron chi connectivity index (χ4n) is 5.64. The average molecular weight is 723 g/mol. The highest BCUT2D eigenvalue weighted by atomic mass is 31.2. The van der Waals surface area contributed by atoms with Crippen molar-refractivity contribution in [1.29, 1.82) is 0 Å². The minimum absolute atomic E-state index is 0.192. The van der Waals surface area contributed by atoms with Crippen molar-refractivity contribution in [2.24, 2.45) is 0 Å². The normalized spacial score (nSPS) is 14.0. The number of unbranched alkanes of at least 4 members (excludes halogenated alkanes) is 24. The van der Waals surface area contributed by atoms with Crippen LogP contribution in [0.25, 0.3) is 0 Å². The molecule has 0 aliphatic rings. The van der Waals surface area contributed by atoms with Crippen molar-refractivity contribution in [3.63, 3.8) is 0 Å². The molecular weight excluding hydrogens is 647 g/mol. The lowest BCUT2D eigenvalue weighted by atomic mass is 10.0. The molecule has 0 aliphatic carbocycles. The third-order valence-corrected chi connectivity index (χ3v) is 9.71. The molecule has 0 saturated heterocycles. The molecule has 0 radical (unpaired) electrons. The third kappa shape index (κ3) is 35.2. The van der Waals surface area contributed by atoms with Crippen LogP contribution >= 0.6 is 7.82 Å². The Bertz CT molecular complexity index is 796. The van der Waals surface area contributed by atoms with Gasteiger partial charge in [0.1, 0.15) is 12.7 Å². The molecular formula is C38H75O10P. The van der Waals surface area contributed by atoms with E-state index in [1.54, 1.807) is 0 Å². The summed E-state index contributed by atoms with van der Waals surface area (Å²) < 4.78 is 32.6. The number of aliphatic hydroxyl groups excluding tert-OH is 2. The second kappa shape index (κ2) is 35.4. The van der Waals surface area contributed by atoms with Gasteiger partial charge in [-0.3, -0.25) is 18.6 Å². The van der Waals surface area contributed by atoms with E-state index in [1.807, 2.05) is 0 Å². The molecule has 0 spiro atoms. The SMILES string of the molecule is CCCCCCCCCCCCCCCCC(=O)OC(COC(=O)CCCCCCCCCCCCCC)COP(=O)(O)OCC(O)CO. The molecule has 292 valence electrons. The van der Waals surface area contributed by atoms with Crippen LogP contribution in [0.4, 0.5) is 0 Å². The second-order valence-corrected chi connectivity index (χ2v) is 15.1. The minimum atomic E-state index is -4.60. The van der Waals surface area contributed by atoms with Crippen molar-refractivity contribution >= 4 is 19.8 Å². The van der Waals surface area contributed by atoms with Crippen LogP contribution in [0.1, 0.15) is 194 Å². The largest absolute Gasteiger partial charge is 0.472 e. The Balaban J connectivity index is 4.31. The first-order valence-corrected chi connectivity index (χ1v) is 21.5. The van der Waals surface area contributed by atoms with Gasteiger partial charge < -0.3 is 24.6 Å². The molecule has 0 aromatic carbocycles. The maximum absolute atomic E-state index is 12.6. The number of phosphoric acid groups is 1. The Hall–Kier alpha value is -1.03. The zero-order valence-corrected chi connectivity index (χ0v) is 32.3. The Morgan fingerprint density at radius 1 is 0.531 bits per heavy atom. The zero-order valence-electron chi connectivity index (χ0n) is 31.4. The highest BCUT2D eigenvalue weighted by Gasteiger charge is 2.27. The third-order valence-electron chi connectivity index (χ3n) is 8.76. The topological polar surface area (TPSA) is 149 Å². The lowest BCUT2D eigenvalue weighted by Gasteiger charge is -2.20. The number of rotatable bonds is 38. The van der Waals surface area contributed by atoms with Crippen LogP contribution in [0.5, 0.6) is 0 Å². The van der Waals surface area contributed by atoms with E-state index in [1.165, 1.54) is 116 Å². The maximum Gasteiger partial charge on any atom is 0.472 e. The van der Waals surface area contributed by atoms with Gasteiger partial charge in [-0.05, 0) is 12.8 Å². The van der Waals surface area contributed by atoms with Crippen molar-refractivity contribution in [3.05, 3.63) is 0 Å². The van der Waals surface area contributed by atoms with Gasteiger partial charge in [-0.2, -0.15) is 0 Å². The first-order chi connectivity index (χ1) is 23.7. The van der Waals surface area contributed by atoms with Gasteiger partial charge in [-0.25, -0.2) is 4.57 Å². The first kappa shape index (κ1) is 48.0. The fraction of sp³-hybridized carbons (Fsp3) is 0.947. The number of hydrogen-bond acceptors (Lipinski definition) is 9. The molecule has 0 aromatic heterocycles. The van der Waals surface area contributed by atoms with E-state index in [0.29, 0.717) is 12.8 Å². The van der Waals surface area contributed by atoms with Crippen LogP contribution in [0, 0.1) is 0 Å². The lowest BCUT2D eigenvalue weighted by molar-refractivity contribution is -0.161. The summed E-state index contributed by atoms with van der Waals surface area (Å²) in [6, 6.07) is 0. The van der Waals surface area contributed by atoms with E-state index in [2.05, 4.69) is 18.4 Å². The van der Waals surface area contributed by atoms with E-state index in [9.17, 15) is 24.2 Å².